The standard InChI is InChI=1S/C11H10P2/c1-4-10-11-5-2-7-13(11)9-3-8-12(10)6-1/h1-8H,9H2. The highest BCUT2D eigenvalue weighted by Crippen LogP contribution is 2.54. The van der Waals surface area contributed by atoms with Crippen LogP contribution in [0.4, 0.5) is 0 Å². The molecule has 0 spiro atoms. The Hall–Kier alpha value is -0.700. The maximum Gasteiger partial charge on any atom is 0.00904 e. The van der Waals surface area contributed by atoms with Crippen molar-refractivity contribution < 1.29 is 0 Å². The van der Waals surface area contributed by atoms with E-state index in [1.807, 2.05) is 0 Å². The van der Waals surface area contributed by atoms with Gasteiger partial charge in [0.1, 0.15) is 0 Å². The largest absolute Gasteiger partial charge is 0.113 e. The Morgan fingerprint density at radius 3 is 2.85 bits per heavy atom. The lowest BCUT2D eigenvalue weighted by atomic mass is 10.4. The molecule has 13 heavy (non-hydrogen) atoms. The fourth-order valence-corrected chi connectivity index (χ4v) is 6.09. The van der Waals surface area contributed by atoms with Gasteiger partial charge in [0.15, 0.2) is 0 Å². The molecule has 0 aliphatic carbocycles. The summed E-state index contributed by atoms with van der Waals surface area (Å²) < 4.78 is 0. The third-order valence-electron chi connectivity index (χ3n) is 2.44. The summed E-state index contributed by atoms with van der Waals surface area (Å²) >= 11 is 0. The van der Waals surface area contributed by atoms with Crippen LogP contribution in [0, 0.1) is 0 Å². The first kappa shape index (κ1) is 7.68. The van der Waals surface area contributed by atoms with E-state index in [-0.39, 0.29) is 15.1 Å². The molecule has 0 radical (unpaired) electrons. The first-order valence-electron chi connectivity index (χ1n) is 4.44. The minimum atomic E-state index is -0.0701. The van der Waals surface area contributed by atoms with Crippen LogP contribution < -0.4 is 0 Å². The average molecular weight is 204 g/mol. The van der Waals surface area contributed by atoms with Crippen molar-refractivity contribution in [2.24, 2.45) is 0 Å². The van der Waals surface area contributed by atoms with Crippen molar-refractivity contribution >= 4 is 20.9 Å². The second-order valence-electron chi connectivity index (χ2n) is 3.23. The van der Waals surface area contributed by atoms with Crippen LogP contribution in [0.1, 0.15) is 0 Å². The zero-order valence-corrected chi connectivity index (χ0v) is 9.01. The van der Waals surface area contributed by atoms with Crippen molar-refractivity contribution in [1.82, 2.24) is 0 Å². The summed E-state index contributed by atoms with van der Waals surface area (Å²) in [6, 6.07) is 9.05. The highest BCUT2D eigenvalue weighted by Gasteiger charge is 2.09. The number of rotatable bonds is 0. The Morgan fingerprint density at radius 1 is 1.00 bits per heavy atom. The first-order chi connectivity index (χ1) is 6.45. The summed E-state index contributed by atoms with van der Waals surface area (Å²) in [5, 5.41) is 3.22. The lowest BCUT2D eigenvalue weighted by Gasteiger charge is -1.99. The van der Waals surface area contributed by atoms with Crippen molar-refractivity contribution in [3.63, 3.8) is 0 Å². The van der Waals surface area contributed by atoms with Gasteiger partial charge in [-0.2, -0.15) is 0 Å². The quantitative estimate of drug-likeness (QED) is 0.577. The lowest BCUT2D eigenvalue weighted by molar-refractivity contribution is 1.66. The molecule has 64 valence electrons. The Balaban J connectivity index is 2.34. The molecule has 0 aromatic carbocycles. The van der Waals surface area contributed by atoms with Crippen LogP contribution in [0.2, 0.25) is 0 Å². The molecular formula is C11H10P2. The maximum atomic E-state index is 2.40. The third-order valence-corrected chi connectivity index (χ3v) is 6.73. The van der Waals surface area contributed by atoms with Gasteiger partial charge in [0, 0.05) is 16.8 Å². The highest BCUT2D eigenvalue weighted by atomic mass is 31.1. The summed E-state index contributed by atoms with van der Waals surface area (Å²) in [4.78, 5) is 0. The fourth-order valence-electron chi connectivity index (χ4n) is 1.82. The molecule has 3 rings (SSSR count). The molecule has 0 nitrogen and oxygen atoms in total. The summed E-state index contributed by atoms with van der Waals surface area (Å²) in [6.07, 6.45) is 3.62. The summed E-state index contributed by atoms with van der Waals surface area (Å²) in [5.74, 6) is 7.13. The van der Waals surface area contributed by atoms with Crippen molar-refractivity contribution in [2.75, 3.05) is 0 Å². The molecule has 0 saturated carbocycles. The van der Waals surface area contributed by atoms with Gasteiger partial charge in [0.2, 0.25) is 0 Å². The van der Waals surface area contributed by atoms with Crippen LogP contribution in [-0.4, -0.2) is 0 Å². The van der Waals surface area contributed by atoms with Gasteiger partial charge >= 0.3 is 0 Å². The fraction of sp³-hybridized carbons (Fsp3) is 0.0909. The molecule has 0 fully saturated rings. The smallest absolute Gasteiger partial charge is 0.00904 e. The number of fused-ring (bicyclic) bond motifs is 3. The molecule has 0 N–H and O–H groups in total. The lowest BCUT2D eigenvalue weighted by Crippen LogP contribution is -1.61. The molecular weight excluding hydrogens is 194 g/mol. The highest BCUT2D eigenvalue weighted by molar-refractivity contribution is 7.64. The zero-order chi connectivity index (χ0) is 8.67. The Kier molecular flexibility index (Phi) is 1.72. The van der Waals surface area contributed by atoms with E-state index < -0.39 is 0 Å². The van der Waals surface area contributed by atoms with E-state index in [9.17, 15) is 0 Å². The van der Waals surface area contributed by atoms with Gasteiger partial charge in [-0.15, -0.1) is 7.53 Å². The van der Waals surface area contributed by atoms with Crippen molar-refractivity contribution in [3.05, 3.63) is 41.9 Å². The van der Waals surface area contributed by atoms with Crippen LogP contribution in [0.5, 0.6) is 0 Å². The van der Waals surface area contributed by atoms with E-state index in [0.29, 0.717) is 0 Å². The minimum absolute atomic E-state index is 0.0237. The van der Waals surface area contributed by atoms with E-state index in [1.165, 1.54) is 6.16 Å². The Bertz CT molecular complexity index is 460. The molecule has 0 saturated heterocycles. The molecule has 2 unspecified atom stereocenters. The van der Waals surface area contributed by atoms with Crippen LogP contribution in [0.25, 0.3) is 16.4 Å². The van der Waals surface area contributed by atoms with Crippen molar-refractivity contribution in [2.45, 2.75) is 6.16 Å². The third kappa shape index (κ3) is 1.14. The molecule has 1 aliphatic rings. The summed E-state index contributed by atoms with van der Waals surface area (Å²) in [7, 11) is -0.0464. The van der Waals surface area contributed by atoms with E-state index in [4.69, 9.17) is 0 Å². The molecule has 2 atom stereocenters. The van der Waals surface area contributed by atoms with E-state index in [2.05, 4.69) is 47.8 Å². The molecule has 2 heteroatoms. The molecule has 1 aliphatic heterocycles. The number of hydrogen-bond acceptors (Lipinski definition) is 0. The van der Waals surface area contributed by atoms with Gasteiger partial charge < -0.3 is 0 Å². The zero-order valence-electron chi connectivity index (χ0n) is 7.22. The molecule has 0 amide bonds. The normalized spacial score (nSPS) is 16.3. The maximum absolute atomic E-state index is 2.40. The van der Waals surface area contributed by atoms with Crippen molar-refractivity contribution in [3.8, 4) is 10.6 Å². The number of hydrogen-bond donors (Lipinski definition) is 0. The minimum Gasteiger partial charge on any atom is -0.113 e. The van der Waals surface area contributed by atoms with Crippen LogP contribution in [-0.2, 0) is 6.16 Å². The van der Waals surface area contributed by atoms with Crippen molar-refractivity contribution in [1.29, 1.82) is 0 Å². The first-order valence-corrected chi connectivity index (χ1v) is 7.52. The second-order valence-corrected chi connectivity index (χ2v) is 7.21. The van der Waals surface area contributed by atoms with Gasteiger partial charge in [0.25, 0.3) is 0 Å². The topological polar surface area (TPSA) is 0 Å². The number of allylic oxidation sites excluding steroid dienone is 1. The van der Waals surface area contributed by atoms with E-state index in [1.54, 1.807) is 10.6 Å². The van der Waals surface area contributed by atoms with Gasteiger partial charge in [0.05, 0.1) is 0 Å². The predicted molar refractivity (Wildman–Crippen MR) is 62.6 cm³/mol. The van der Waals surface area contributed by atoms with Gasteiger partial charge in [-0.1, -0.05) is 25.7 Å². The molecule has 3 heterocycles. The van der Waals surface area contributed by atoms with E-state index >= 15 is 0 Å². The SMILES string of the molecule is C1=Cp2cccc2-c2cccp2C1. The molecule has 0 bridgehead atoms. The Morgan fingerprint density at radius 2 is 1.85 bits per heavy atom. The average Bonchev–Trinajstić information content (AvgIpc) is 2.72. The van der Waals surface area contributed by atoms with Crippen LogP contribution in [0.3, 0.4) is 0 Å². The monoisotopic (exact) mass is 204 g/mol. The van der Waals surface area contributed by atoms with Gasteiger partial charge in [-0.3, -0.25) is 0 Å². The van der Waals surface area contributed by atoms with Crippen LogP contribution >= 0.6 is 15.1 Å². The van der Waals surface area contributed by atoms with Gasteiger partial charge in [-0.25, -0.2) is 0 Å². The second kappa shape index (κ2) is 2.91. The summed E-state index contributed by atoms with van der Waals surface area (Å²) in [5.41, 5.74) is 0. The summed E-state index contributed by atoms with van der Waals surface area (Å²) in [6.45, 7) is 0. The predicted octanol–water partition coefficient (Wildman–Crippen LogP) is 4.81. The molecule has 2 aromatic rings. The van der Waals surface area contributed by atoms with Crippen LogP contribution in [0.15, 0.2) is 41.9 Å². The Labute approximate surface area is 80.0 Å². The molecule has 2 aromatic heterocycles. The van der Waals surface area contributed by atoms with Gasteiger partial charge in [-0.05, 0) is 29.5 Å². The van der Waals surface area contributed by atoms with E-state index in [0.717, 1.165) is 0 Å².